The lowest BCUT2D eigenvalue weighted by Crippen LogP contribution is -2.43. The molecule has 3 aromatic rings. The zero-order valence-electron chi connectivity index (χ0n) is 19.7. The van der Waals surface area contributed by atoms with Crippen molar-refractivity contribution < 1.29 is 14.3 Å². The number of aromatic nitrogens is 2. The molecule has 0 unspecified atom stereocenters. The van der Waals surface area contributed by atoms with E-state index in [2.05, 4.69) is 48.9 Å². The quantitative estimate of drug-likeness (QED) is 0.323. The third kappa shape index (κ3) is 6.34. The van der Waals surface area contributed by atoms with Crippen LogP contribution >= 0.6 is 43.5 Å². The van der Waals surface area contributed by atoms with Gasteiger partial charge in [-0.3, -0.25) is 9.59 Å². The molecule has 1 aliphatic heterocycles. The fourth-order valence-corrected chi connectivity index (χ4v) is 5.11. The van der Waals surface area contributed by atoms with Crippen LogP contribution in [0.2, 0.25) is 5.02 Å². The molecule has 0 atom stereocenters. The van der Waals surface area contributed by atoms with Crippen LogP contribution in [0.3, 0.4) is 0 Å². The number of benzene rings is 2. The van der Waals surface area contributed by atoms with Crippen LogP contribution in [0.4, 0.5) is 0 Å². The second-order valence-corrected chi connectivity index (χ2v) is 10.4. The molecule has 1 amide bonds. The maximum absolute atomic E-state index is 13.2. The fraction of sp³-hybridized carbons (Fsp3) is 0.360. The van der Waals surface area contributed by atoms with Gasteiger partial charge in [0.15, 0.2) is 12.4 Å². The van der Waals surface area contributed by atoms with E-state index in [1.807, 2.05) is 12.1 Å². The van der Waals surface area contributed by atoms with Crippen LogP contribution in [0.1, 0.15) is 31.2 Å². The second-order valence-electron chi connectivity index (χ2n) is 8.25. The minimum Gasteiger partial charge on any atom is -0.481 e. The SMILES string of the molecule is CCCCc1nc2ccc(Br)cc2c(=O)n1N=Cc1cc(Cl)c(OCC(=O)N2CCOCC2)c(Br)c1. The first kappa shape index (κ1) is 26.8. The van der Waals surface area contributed by atoms with Crippen molar-refractivity contribution in [1.29, 1.82) is 0 Å². The summed E-state index contributed by atoms with van der Waals surface area (Å²) in [6.45, 7) is 4.11. The molecule has 1 fully saturated rings. The van der Waals surface area contributed by atoms with Crippen molar-refractivity contribution in [1.82, 2.24) is 14.6 Å². The molecule has 0 spiro atoms. The largest absolute Gasteiger partial charge is 0.481 e. The van der Waals surface area contributed by atoms with E-state index in [-0.39, 0.29) is 18.1 Å². The number of hydrogen-bond donors (Lipinski definition) is 0. The molecule has 2 aromatic carbocycles. The number of hydrogen-bond acceptors (Lipinski definition) is 6. The van der Waals surface area contributed by atoms with E-state index in [1.165, 1.54) is 4.68 Å². The van der Waals surface area contributed by atoms with Crippen LogP contribution in [-0.2, 0) is 16.0 Å². The first-order valence-electron chi connectivity index (χ1n) is 11.6. The summed E-state index contributed by atoms with van der Waals surface area (Å²) in [4.78, 5) is 32.0. The van der Waals surface area contributed by atoms with E-state index in [1.54, 1.807) is 29.3 Å². The van der Waals surface area contributed by atoms with Crippen molar-refractivity contribution >= 4 is 66.5 Å². The lowest BCUT2D eigenvalue weighted by molar-refractivity contribution is -0.137. The molecule has 0 bridgehead atoms. The Hall–Kier alpha value is -2.27. The van der Waals surface area contributed by atoms with Crippen molar-refractivity contribution in [3.63, 3.8) is 0 Å². The van der Waals surface area contributed by atoms with E-state index in [4.69, 9.17) is 21.1 Å². The van der Waals surface area contributed by atoms with Gasteiger partial charge in [-0.2, -0.15) is 9.78 Å². The van der Waals surface area contributed by atoms with E-state index in [0.29, 0.717) is 70.3 Å². The predicted octanol–water partition coefficient (Wildman–Crippen LogP) is 5.04. The highest BCUT2D eigenvalue weighted by atomic mass is 79.9. The number of unbranched alkanes of at least 4 members (excludes halogenated alkanes) is 1. The molecule has 8 nitrogen and oxygen atoms in total. The van der Waals surface area contributed by atoms with Crippen molar-refractivity contribution in [2.45, 2.75) is 26.2 Å². The molecular formula is C25H25Br2ClN4O4. The topological polar surface area (TPSA) is 86.0 Å². The minimum atomic E-state index is -0.240. The van der Waals surface area contributed by atoms with Crippen LogP contribution < -0.4 is 10.3 Å². The molecule has 0 radical (unpaired) electrons. The lowest BCUT2D eigenvalue weighted by Gasteiger charge is -2.26. The number of morpholine rings is 1. The average molecular weight is 641 g/mol. The first-order chi connectivity index (χ1) is 17.4. The lowest BCUT2D eigenvalue weighted by atomic mass is 10.2. The Balaban J connectivity index is 1.58. The van der Waals surface area contributed by atoms with Gasteiger partial charge in [0.25, 0.3) is 11.5 Å². The molecule has 1 aromatic heterocycles. The summed E-state index contributed by atoms with van der Waals surface area (Å²) in [5.74, 6) is 0.842. The van der Waals surface area contributed by atoms with Crippen LogP contribution in [0.25, 0.3) is 10.9 Å². The summed E-state index contributed by atoms with van der Waals surface area (Å²) >= 11 is 13.4. The van der Waals surface area contributed by atoms with Crippen LogP contribution in [0.5, 0.6) is 5.75 Å². The average Bonchev–Trinajstić information content (AvgIpc) is 2.87. The molecular weight excluding hydrogens is 616 g/mol. The number of fused-ring (bicyclic) bond motifs is 1. The molecule has 0 saturated carbocycles. The number of aryl methyl sites for hydroxylation is 1. The highest BCUT2D eigenvalue weighted by Crippen LogP contribution is 2.34. The Morgan fingerprint density at radius 1 is 1.25 bits per heavy atom. The van der Waals surface area contributed by atoms with Crippen LogP contribution in [0.15, 0.2) is 49.2 Å². The summed E-state index contributed by atoms with van der Waals surface area (Å²) in [5, 5.41) is 5.26. The second kappa shape index (κ2) is 12.3. The molecule has 11 heteroatoms. The van der Waals surface area contributed by atoms with E-state index < -0.39 is 0 Å². The zero-order valence-corrected chi connectivity index (χ0v) is 23.6. The van der Waals surface area contributed by atoms with E-state index in [0.717, 1.165) is 17.3 Å². The molecule has 1 saturated heterocycles. The van der Waals surface area contributed by atoms with Gasteiger partial charge in [-0.1, -0.05) is 40.9 Å². The fourth-order valence-electron chi connectivity index (χ4n) is 3.76. The Kier molecular flexibility index (Phi) is 9.16. The number of ether oxygens (including phenoxy) is 2. The third-order valence-electron chi connectivity index (χ3n) is 5.68. The summed E-state index contributed by atoms with van der Waals surface area (Å²) < 4.78 is 13.7. The third-order valence-corrected chi connectivity index (χ3v) is 7.04. The normalized spacial score (nSPS) is 14.1. The zero-order chi connectivity index (χ0) is 25.7. The van der Waals surface area contributed by atoms with Crippen molar-refractivity contribution in [2.75, 3.05) is 32.9 Å². The van der Waals surface area contributed by atoms with E-state index in [9.17, 15) is 9.59 Å². The number of carbonyl (C=O) groups excluding carboxylic acids is 1. The van der Waals surface area contributed by atoms with Gasteiger partial charge in [-0.15, -0.1) is 0 Å². The van der Waals surface area contributed by atoms with Crippen molar-refractivity contribution in [3.8, 4) is 5.75 Å². The Morgan fingerprint density at radius 3 is 2.75 bits per heavy atom. The molecule has 4 rings (SSSR count). The smallest absolute Gasteiger partial charge is 0.282 e. The number of halogens is 3. The van der Waals surface area contributed by atoms with Gasteiger partial charge in [-0.05, 0) is 58.2 Å². The van der Waals surface area contributed by atoms with Gasteiger partial charge >= 0.3 is 0 Å². The van der Waals surface area contributed by atoms with Gasteiger partial charge in [0.1, 0.15) is 5.82 Å². The number of nitrogens with zero attached hydrogens (tertiary/aromatic N) is 4. The Morgan fingerprint density at radius 2 is 2.03 bits per heavy atom. The summed E-state index contributed by atoms with van der Waals surface area (Å²) in [7, 11) is 0. The predicted molar refractivity (Wildman–Crippen MR) is 147 cm³/mol. The van der Waals surface area contributed by atoms with Crippen LogP contribution in [-0.4, -0.2) is 59.6 Å². The highest BCUT2D eigenvalue weighted by molar-refractivity contribution is 9.10. The molecule has 2 heterocycles. The number of rotatable bonds is 8. The molecule has 1 aliphatic rings. The van der Waals surface area contributed by atoms with E-state index >= 15 is 0 Å². The number of amides is 1. The van der Waals surface area contributed by atoms with Gasteiger partial charge in [0.2, 0.25) is 0 Å². The molecule has 190 valence electrons. The van der Waals surface area contributed by atoms with Gasteiger partial charge in [-0.25, -0.2) is 4.98 Å². The molecule has 36 heavy (non-hydrogen) atoms. The van der Waals surface area contributed by atoms with Gasteiger partial charge in [0.05, 0.1) is 39.8 Å². The number of carbonyl (C=O) groups is 1. The van der Waals surface area contributed by atoms with Gasteiger partial charge in [0, 0.05) is 24.0 Å². The minimum absolute atomic E-state index is 0.124. The summed E-state index contributed by atoms with van der Waals surface area (Å²) in [6, 6.07) is 8.88. The molecule has 0 aliphatic carbocycles. The van der Waals surface area contributed by atoms with Crippen LogP contribution in [0, 0.1) is 0 Å². The summed E-state index contributed by atoms with van der Waals surface area (Å²) in [5.41, 5.74) is 1.05. The van der Waals surface area contributed by atoms with Crippen molar-refractivity contribution in [2.24, 2.45) is 5.10 Å². The maximum atomic E-state index is 13.2. The van der Waals surface area contributed by atoms with Crippen molar-refractivity contribution in [3.05, 3.63) is 66.0 Å². The Bertz CT molecular complexity index is 1330. The highest BCUT2D eigenvalue weighted by Gasteiger charge is 2.19. The maximum Gasteiger partial charge on any atom is 0.282 e. The molecule has 0 N–H and O–H groups in total. The summed E-state index contributed by atoms with van der Waals surface area (Å²) in [6.07, 6.45) is 4.04. The monoisotopic (exact) mass is 638 g/mol. The first-order valence-corrected chi connectivity index (χ1v) is 13.6. The standard InChI is InChI=1S/C25H25Br2ClN4O4/c1-2-3-4-22-30-21-6-5-17(26)13-18(21)25(34)32(22)29-14-16-11-19(27)24(20(28)12-16)36-15-23(33)31-7-9-35-10-8-31/h5-6,11-14H,2-4,7-10,15H2,1H3. The Labute approximate surface area is 230 Å². The van der Waals surface area contributed by atoms with Gasteiger partial charge < -0.3 is 14.4 Å².